The molecule has 0 atom stereocenters. The second kappa shape index (κ2) is 6.73. The van der Waals surface area contributed by atoms with Gasteiger partial charge in [-0.3, -0.25) is 4.79 Å². The highest BCUT2D eigenvalue weighted by atomic mass is 79.9. The maximum atomic E-state index is 12.0. The van der Waals surface area contributed by atoms with Gasteiger partial charge in [0.2, 0.25) is 0 Å². The number of hydrogen-bond donors (Lipinski definition) is 3. The highest BCUT2D eigenvalue weighted by molar-refractivity contribution is 9.11. The Morgan fingerprint density at radius 2 is 1.90 bits per heavy atom. The van der Waals surface area contributed by atoms with Gasteiger partial charge in [0, 0.05) is 8.95 Å². The third kappa shape index (κ3) is 4.05. The summed E-state index contributed by atoms with van der Waals surface area (Å²) in [6, 6.07) is 9.79. The molecule has 7 heteroatoms. The van der Waals surface area contributed by atoms with Gasteiger partial charge in [-0.15, -0.1) is 0 Å². The number of carbonyl (C=O) groups excluding carboxylic acids is 1. The molecular formula is C14H11Br2N3O2. The minimum atomic E-state index is -0.412. The van der Waals surface area contributed by atoms with Crippen molar-refractivity contribution >= 4 is 49.7 Å². The largest absolute Gasteiger partial charge is 0.508 e. The first-order valence-electron chi connectivity index (χ1n) is 5.84. The first-order valence-corrected chi connectivity index (χ1v) is 7.43. The molecule has 0 aliphatic carbocycles. The second-order valence-electron chi connectivity index (χ2n) is 4.14. The summed E-state index contributed by atoms with van der Waals surface area (Å²) in [7, 11) is 0. The van der Waals surface area contributed by atoms with E-state index < -0.39 is 5.91 Å². The van der Waals surface area contributed by atoms with E-state index in [9.17, 15) is 4.79 Å². The number of phenols is 1. The number of hydrogen-bond acceptors (Lipinski definition) is 4. The summed E-state index contributed by atoms with van der Waals surface area (Å²) in [5, 5.41) is 13.0. The van der Waals surface area contributed by atoms with E-state index in [1.165, 1.54) is 18.3 Å². The van der Waals surface area contributed by atoms with Crippen molar-refractivity contribution in [2.24, 2.45) is 5.10 Å². The lowest BCUT2D eigenvalue weighted by Crippen LogP contribution is -2.19. The average molecular weight is 413 g/mol. The van der Waals surface area contributed by atoms with Crippen LogP contribution in [0.15, 0.2) is 50.4 Å². The van der Waals surface area contributed by atoms with E-state index >= 15 is 0 Å². The van der Waals surface area contributed by atoms with E-state index in [1.807, 2.05) is 0 Å². The summed E-state index contributed by atoms with van der Waals surface area (Å²) in [5.74, 6) is -0.243. The van der Waals surface area contributed by atoms with Gasteiger partial charge in [-0.25, -0.2) is 5.43 Å². The van der Waals surface area contributed by atoms with Gasteiger partial charge in [-0.1, -0.05) is 15.9 Å². The highest BCUT2D eigenvalue weighted by Gasteiger charge is 2.12. The van der Waals surface area contributed by atoms with Crippen LogP contribution in [-0.4, -0.2) is 17.2 Å². The van der Waals surface area contributed by atoms with Gasteiger partial charge >= 0.3 is 0 Å². The van der Waals surface area contributed by atoms with Gasteiger partial charge in [-0.05, 0) is 57.9 Å². The highest BCUT2D eigenvalue weighted by Crippen LogP contribution is 2.28. The molecule has 0 saturated heterocycles. The number of nitrogens with two attached hydrogens (primary N) is 1. The van der Waals surface area contributed by atoms with Crippen molar-refractivity contribution in [3.8, 4) is 5.75 Å². The zero-order valence-electron chi connectivity index (χ0n) is 10.7. The van der Waals surface area contributed by atoms with Gasteiger partial charge < -0.3 is 10.8 Å². The number of carbonyl (C=O) groups is 1. The summed E-state index contributed by atoms with van der Waals surface area (Å²) in [6.45, 7) is 0. The molecule has 0 fully saturated rings. The number of hydrazone groups is 1. The van der Waals surface area contributed by atoms with Crippen molar-refractivity contribution in [2.75, 3.05) is 5.73 Å². The first-order chi connectivity index (χ1) is 9.97. The Morgan fingerprint density at radius 1 is 1.24 bits per heavy atom. The molecule has 2 aromatic carbocycles. The van der Waals surface area contributed by atoms with Crippen LogP contribution in [0.5, 0.6) is 5.75 Å². The van der Waals surface area contributed by atoms with Crippen molar-refractivity contribution in [2.45, 2.75) is 0 Å². The van der Waals surface area contributed by atoms with E-state index in [-0.39, 0.29) is 5.75 Å². The minimum Gasteiger partial charge on any atom is -0.508 e. The lowest BCUT2D eigenvalue weighted by molar-refractivity contribution is 0.0956. The van der Waals surface area contributed by atoms with Crippen LogP contribution >= 0.6 is 31.9 Å². The monoisotopic (exact) mass is 411 g/mol. The van der Waals surface area contributed by atoms with Crippen LogP contribution < -0.4 is 11.2 Å². The molecule has 21 heavy (non-hydrogen) atoms. The third-order valence-corrected chi connectivity index (χ3v) is 3.73. The first kappa shape index (κ1) is 15.5. The van der Waals surface area contributed by atoms with E-state index in [0.29, 0.717) is 15.7 Å². The third-order valence-electron chi connectivity index (χ3n) is 2.61. The Morgan fingerprint density at radius 3 is 2.57 bits per heavy atom. The van der Waals surface area contributed by atoms with Crippen molar-refractivity contribution in [3.05, 3.63) is 56.5 Å². The van der Waals surface area contributed by atoms with Crippen LogP contribution in [0.2, 0.25) is 0 Å². The molecule has 0 bridgehead atoms. The molecule has 108 valence electrons. The predicted molar refractivity (Wildman–Crippen MR) is 89.4 cm³/mol. The van der Waals surface area contributed by atoms with Crippen molar-refractivity contribution in [1.82, 2.24) is 5.43 Å². The molecule has 2 aromatic rings. The fraction of sp³-hybridized carbons (Fsp3) is 0. The van der Waals surface area contributed by atoms with E-state index in [1.54, 1.807) is 24.3 Å². The number of rotatable bonds is 3. The van der Waals surface area contributed by atoms with Gasteiger partial charge in [0.25, 0.3) is 5.91 Å². The molecule has 0 aliphatic heterocycles. The number of nitrogen functional groups attached to an aromatic ring is 1. The van der Waals surface area contributed by atoms with Gasteiger partial charge in [0.05, 0.1) is 17.5 Å². The Bertz CT molecular complexity index is 700. The normalized spacial score (nSPS) is 10.8. The van der Waals surface area contributed by atoms with Crippen LogP contribution in [-0.2, 0) is 0 Å². The summed E-state index contributed by atoms with van der Waals surface area (Å²) in [4.78, 5) is 12.0. The van der Waals surface area contributed by atoms with Crippen molar-refractivity contribution in [1.29, 1.82) is 0 Å². The number of phenolic OH excluding ortho intramolecular Hbond substituents is 1. The summed E-state index contributed by atoms with van der Waals surface area (Å²) in [6.07, 6.45) is 1.47. The van der Waals surface area contributed by atoms with E-state index in [0.717, 1.165) is 10.0 Å². The van der Waals surface area contributed by atoms with Gasteiger partial charge in [0.15, 0.2) is 0 Å². The standard InChI is InChI=1S/C14H11Br2N3O2/c15-9-5-11(13(17)12(16)6-9)14(21)19-18-7-8-1-3-10(20)4-2-8/h1-7,20H,17H2,(H,19,21). The molecule has 2 rings (SSSR count). The number of benzene rings is 2. The maximum Gasteiger partial charge on any atom is 0.273 e. The van der Waals surface area contributed by atoms with Crippen LogP contribution in [0.4, 0.5) is 5.69 Å². The smallest absolute Gasteiger partial charge is 0.273 e. The number of aromatic hydroxyl groups is 1. The van der Waals surface area contributed by atoms with Crippen LogP contribution in [0.1, 0.15) is 15.9 Å². The lowest BCUT2D eigenvalue weighted by atomic mass is 10.2. The predicted octanol–water partition coefficient (Wildman–Crippen LogP) is 3.26. The van der Waals surface area contributed by atoms with Gasteiger partial charge in [-0.2, -0.15) is 5.10 Å². The van der Waals surface area contributed by atoms with Crippen LogP contribution in [0, 0.1) is 0 Å². The number of halogens is 2. The molecule has 0 radical (unpaired) electrons. The molecule has 0 spiro atoms. The van der Waals surface area contributed by atoms with Gasteiger partial charge in [0.1, 0.15) is 5.75 Å². The zero-order valence-corrected chi connectivity index (χ0v) is 13.8. The molecule has 1 amide bonds. The summed E-state index contributed by atoms with van der Waals surface area (Å²) in [5.41, 5.74) is 9.66. The molecule has 0 unspecified atom stereocenters. The fourth-order valence-corrected chi connectivity index (χ4v) is 2.78. The average Bonchev–Trinajstić information content (AvgIpc) is 2.44. The second-order valence-corrected chi connectivity index (χ2v) is 5.91. The van der Waals surface area contributed by atoms with E-state index in [4.69, 9.17) is 10.8 Å². The number of nitrogens with one attached hydrogen (secondary N) is 1. The topological polar surface area (TPSA) is 87.7 Å². The minimum absolute atomic E-state index is 0.169. The molecular weight excluding hydrogens is 402 g/mol. The summed E-state index contributed by atoms with van der Waals surface area (Å²) < 4.78 is 1.36. The Labute approximate surface area is 138 Å². The lowest BCUT2D eigenvalue weighted by Gasteiger charge is -2.07. The van der Waals surface area contributed by atoms with Crippen LogP contribution in [0.3, 0.4) is 0 Å². The maximum absolute atomic E-state index is 12.0. The fourth-order valence-electron chi connectivity index (χ4n) is 1.56. The van der Waals surface area contributed by atoms with E-state index in [2.05, 4.69) is 42.4 Å². The molecule has 0 aliphatic rings. The SMILES string of the molecule is Nc1c(Br)cc(Br)cc1C(=O)NN=Cc1ccc(O)cc1. The Balaban J connectivity index is 2.10. The molecule has 5 nitrogen and oxygen atoms in total. The quantitative estimate of drug-likeness (QED) is 0.410. The number of nitrogens with zero attached hydrogens (tertiary/aromatic N) is 1. The Kier molecular flexibility index (Phi) is 4.98. The van der Waals surface area contributed by atoms with Crippen molar-refractivity contribution in [3.63, 3.8) is 0 Å². The summed E-state index contributed by atoms with van der Waals surface area (Å²) >= 11 is 6.58. The van der Waals surface area contributed by atoms with Crippen LogP contribution in [0.25, 0.3) is 0 Å². The van der Waals surface area contributed by atoms with Crippen molar-refractivity contribution < 1.29 is 9.90 Å². The molecule has 4 N–H and O–H groups in total. The number of amides is 1. The zero-order chi connectivity index (χ0) is 15.4. The molecule has 0 aromatic heterocycles. The molecule has 0 saturated carbocycles. The Hall–Kier alpha value is -1.86. The molecule has 0 heterocycles. The number of anilines is 1.